The van der Waals surface area contributed by atoms with Crippen LogP contribution in [0.1, 0.15) is 29.8 Å². The Labute approximate surface area is 182 Å². The van der Waals surface area contributed by atoms with E-state index in [-0.39, 0.29) is 23.4 Å². The minimum atomic E-state index is -0.194. The number of nitrogens with one attached hydrogen (secondary N) is 1. The molecule has 0 bridgehead atoms. The molecule has 0 saturated carbocycles. The first-order chi connectivity index (χ1) is 14.3. The van der Waals surface area contributed by atoms with Crippen molar-refractivity contribution in [2.45, 2.75) is 37.5 Å². The minimum Gasteiger partial charge on any atom is -0.373 e. The van der Waals surface area contributed by atoms with Gasteiger partial charge in [-0.05, 0) is 55.4 Å². The van der Waals surface area contributed by atoms with Crippen molar-refractivity contribution in [1.29, 1.82) is 0 Å². The van der Waals surface area contributed by atoms with Gasteiger partial charge in [-0.2, -0.15) is 0 Å². The third kappa shape index (κ3) is 6.08. The van der Waals surface area contributed by atoms with E-state index in [1.807, 2.05) is 42.5 Å². The second-order valence-corrected chi connectivity index (χ2v) is 8.85. The van der Waals surface area contributed by atoms with Crippen molar-refractivity contribution < 1.29 is 14.3 Å². The van der Waals surface area contributed by atoms with Gasteiger partial charge in [0.05, 0.1) is 17.9 Å². The number of nitrogens with zero attached hydrogens (tertiary/aromatic N) is 2. The number of ether oxygens (including phenoxy) is 1. The molecule has 3 rings (SSSR count). The van der Waals surface area contributed by atoms with Crippen molar-refractivity contribution >= 4 is 28.6 Å². The first-order valence-corrected chi connectivity index (χ1v) is 10.9. The van der Waals surface area contributed by atoms with E-state index in [2.05, 4.69) is 24.1 Å². The quantitative estimate of drug-likeness (QED) is 0.720. The highest BCUT2D eigenvalue weighted by Crippen LogP contribution is 2.29. The first-order valence-electron chi connectivity index (χ1n) is 10.1. The molecule has 2 aromatic carbocycles. The molecule has 0 radical (unpaired) electrons. The summed E-state index contributed by atoms with van der Waals surface area (Å²) < 4.78 is 5.79. The summed E-state index contributed by atoms with van der Waals surface area (Å²) in [4.78, 5) is 29.4. The van der Waals surface area contributed by atoms with E-state index in [0.717, 1.165) is 36.3 Å². The van der Waals surface area contributed by atoms with Crippen molar-refractivity contribution in [3.63, 3.8) is 0 Å². The van der Waals surface area contributed by atoms with Gasteiger partial charge in [0, 0.05) is 44.2 Å². The van der Waals surface area contributed by atoms with Crippen LogP contribution >= 0.6 is 11.8 Å². The van der Waals surface area contributed by atoms with Gasteiger partial charge in [0.25, 0.3) is 11.1 Å². The maximum Gasteiger partial charge on any atom is 0.286 e. The van der Waals surface area contributed by atoms with Crippen molar-refractivity contribution in [1.82, 2.24) is 9.80 Å². The van der Waals surface area contributed by atoms with Crippen LogP contribution in [0, 0.1) is 0 Å². The Hall–Kier alpha value is -2.35. The Morgan fingerprint density at radius 2 is 1.70 bits per heavy atom. The zero-order valence-corrected chi connectivity index (χ0v) is 18.7. The van der Waals surface area contributed by atoms with Crippen molar-refractivity contribution in [3.8, 4) is 0 Å². The van der Waals surface area contributed by atoms with Crippen LogP contribution in [0.2, 0.25) is 0 Å². The molecule has 160 valence electrons. The molecule has 1 fully saturated rings. The summed E-state index contributed by atoms with van der Waals surface area (Å²) in [5, 5.41) is 2.84. The smallest absolute Gasteiger partial charge is 0.286 e. The lowest BCUT2D eigenvalue weighted by atomic mass is 10.1. The molecule has 0 spiro atoms. The lowest BCUT2D eigenvalue weighted by Gasteiger charge is -2.35. The summed E-state index contributed by atoms with van der Waals surface area (Å²) in [6, 6.07) is 15.0. The molecule has 2 unspecified atom stereocenters. The molecular weight excluding hydrogens is 398 g/mol. The fourth-order valence-electron chi connectivity index (χ4n) is 3.47. The van der Waals surface area contributed by atoms with Gasteiger partial charge in [0.2, 0.25) is 0 Å². The predicted molar refractivity (Wildman–Crippen MR) is 121 cm³/mol. The summed E-state index contributed by atoms with van der Waals surface area (Å²) in [5.41, 5.74) is 2.38. The molecule has 1 N–H and O–H groups in total. The highest BCUT2D eigenvalue weighted by molar-refractivity contribution is 8.13. The van der Waals surface area contributed by atoms with Crippen LogP contribution in [0.5, 0.6) is 0 Å². The Balaban J connectivity index is 1.63. The van der Waals surface area contributed by atoms with E-state index in [1.54, 1.807) is 20.2 Å². The average Bonchev–Trinajstić information content (AvgIpc) is 2.69. The standard InChI is InChI=1S/C23H29N3O3S/c1-16-13-26(14-17(2)29-16)15-18-9-11-19(12-10-18)22(27)24-20-7-5-6-8-21(20)30-23(28)25(3)4/h5-12,16-17H,13-15H2,1-4H3,(H,24,27). The molecule has 0 aliphatic carbocycles. The second-order valence-electron chi connectivity index (χ2n) is 7.86. The summed E-state index contributed by atoms with van der Waals surface area (Å²) in [6.07, 6.45) is 0.465. The van der Waals surface area contributed by atoms with E-state index in [1.165, 1.54) is 10.5 Å². The molecule has 6 nitrogen and oxygen atoms in total. The van der Waals surface area contributed by atoms with E-state index < -0.39 is 0 Å². The normalized spacial score (nSPS) is 19.3. The van der Waals surface area contributed by atoms with Crippen molar-refractivity contribution in [3.05, 3.63) is 59.7 Å². The lowest BCUT2D eigenvalue weighted by molar-refractivity contribution is -0.0704. The number of rotatable bonds is 5. The number of carbonyl (C=O) groups excluding carboxylic acids is 2. The summed E-state index contributed by atoms with van der Waals surface area (Å²) in [5.74, 6) is -0.194. The van der Waals surface area contributed by atoms with Crippen molar-refractivity contribution in [2.24, 2.45) is 0 Å². The Morgan fingerprint density at radius 1 is 1.07 bits per heavy atom. The Morgan fingerprint density at radius 3 is 2.33 bits per heavy atom. The van der Waals surface area contributed by atoms with E-state index in [0.29, 0.717) is 11.3 Å². The zero-order chi connectivity index (χ0) is 21.7. The number of hydrogen-bond acceptors (Lipinski definition) is 5. The van der Waals surface area contributed by atoms with Crippen LogP contribution in [0.4, 0.5) is 10.5 Å². The number of benzene rings is 2. The first kappa shape index (κ1) is 22.3. The maximum atomic E-state index is 12.7. The summed E-state index contributed by atoms with van der Waals surface area (Å²) in [7, 11) is 3.41. The van der Waals surface area contributed by atoms with Crippen LogP contribution in [0.15, 0.2) is 53.4 Å². The van der Waals surface area contributed by atoms with Gasteiger partial charge in [-0.15, -0.1) is 0 Å². The topological polar surface area (TPSA) is 61.9 Å². The van der Waals surface area contributed by atoms with Gasteiger partial charge < -0.3 is 15.0 Å². The maximum absolute atomic E-state index is 12.7. The van der Waals surface area contributed by atoms with Crippen LogP contribution in [-0.4, -0.2) is 60.3 Å². The van der Waals surface area contributed by atoms with E-state index in [9.17, 15) is 9.59 Å². The molecule has 30 heavy (non-hydrogen) atoms. The zero-order valence-electron chi connectivity index (χ0n) is 17.9. The molecule has 0 aromatic heterocycles. The number of anilines is 1. The third-order valence-corrected chi connectivity index (χ3v) is 5.93. The molecule has 2 aromatic rings. The average molecular weight is 428 g/mol. The van der Waals surface area contributed by atoms with Gasteiger partial charge in [-0.3, -0.25) is 14.5 Å². The molecule has 7 heteroatoms. The molecule has 2 atom stereocenters. The number of amides is 2. The summed E-state index contributed by atoms with van der Waals surface area (Å²) in [6.45, 7) is 6.85. The van der Waals surface area contributed by atoms with Crippen LogP contribution in [0.3, 0.4) is 0 Å². The molecular formula is C23H29N3O3S. The molecule has 1 heterocycles. The molecule has 1 aliphatic rings. The Kier molecular flexibility index (Phi) is 7.53. The second kappa shape index (κ2) is 10.1. The van der Waals surface area contributed by atoms with Gasteiger partial charge >= 0.3 is 0 Å². The van der Waals surface area contributed by atoms with Crippen LogP contribution in [0.25, 0.3) is 0 Å². The van der Waals surface area contributed by atoms with Gasteiger partial charge in [-0.25, -0.2) is 0 Å². The van der Waals surface area contributed by atoms with E-state index in [4.69, 9.17) is 4.74 Å². The highest BCUT2D eigenvalue weighted by Gasteiger charge is 2.22. The Bertz CT molecular complexity index is 876. The van der Waals surface area contributed by atoms with Gasteiger partial charge in [-0.1, -0.05) is 24.3 Å². The number of hydrogen-bond donors (Lipinski definition) is 1. The number of thioether (sulfide) groups is 1. The molecule has 1 aliphatic heterocycles. The van der Waals surface area contributed by atoms with Crippen molar-refractivity contribution in [2.75, 3.05) is 32.5 Å². The monoisotopic (exact) mass is 427 g/mol. The van der Waals surface area contributed by atoms with Crippen LogP contribution in [-0.2, 0) is 11.3 Å². The predicted octanol–water partition coefficient (Wildman–Crippen LogP) is 4.32. The highest BCUT2D eigenvalue weighted by atomic mass is 32.2. The van der Waals surface area contributed by atoms with Gasteiger partial charge in [0.1, 0.15) is 0 Å². The molecule has 2 amide bonds. The minimum absolute atomic E-state index is 0.0900. The number of carbonyl (C=O) groups is 2. The lowest BCUT2D eigenvalue weighted by Crippen LogP contribution is -2.44. The number of para-hydroxylation sites is 1. The summed E-state index contributed by atoms with van der Waals surface area (Å²) >= 11 is 1.09. The van der Waals surface area contributed by atoms with Gasteiger partial charge in [0.15, 0.2) is 0 Å². The number of morpholine rings is 1. The SMILES string of the molecule is CC1CN(Cc2ccc(C(=O)Nc3ccccc3SC(=O)N(C)C)cc2)CC(C)O1. The van der Waals surface area contributed by atoms with Crippen LogP contribution < -0.4 is 5.32 Å². The fraction of sp³-hybridized carbons (Fsp3) is 0.391. The largest absolute Gasteiger partial charge is 0.373 e. The molecule has 1 saturated heterocycles. The van der Waals surface area contributed by atoms with E-state index >= 15 is 0 Å². The fourth-order valence-corrected chi connectivity index (χ4v) is 4.22. The third-order valence-electron chi connectivity index (χ3n) is 4.82.